The molecular formula is C11H7F3N2O2. The van der Waals surface area contributed by atoms with Crippen molar-refractivity contribution < 1.29 is 18.0 Å². The van der Waals surface area contributed by atoms with Crippen molar-refractivity contribution >= 4 is 16.8 Å². The number of benzene rings is 1. The van der Waals surface area contributed by atoms with E-state index < -0.39 is 28.8 Å². The number of aromatic nitrogens is 1. The van der Waals surface area contributed by atoms with Crippen molar-refractivity contribution in [3.63, 3.8) is 0 Å². The maximum absolute atomic E-state index is 13.4. The third-order valence-corrected chi connectivity index (χ3v) is 2.45. The summed E-state index contributed by atoms with van der Waals surface area (Å²) in [5.41, 5.74) is 2.47. The van der Waals surface area contributed by atoms with Gasteiger partial charge in [-0.05, 0) is 24.3 Å². The van der Waals surface area contributed by atoms with Crippen LogP contribution in [0.1, 0.15) is 5.56 Å². The van der Waals surface area contributed by atoms with E-state index in [1.165, 1.54) is 6.07 Å². The van der Waals surface area contributed by atoms with Gasteiger partial charge in [-0.1, -0.05) is 0 Å². The number of carbonyl (C=O) groups excluding carboxylic acids is 1. The zero-order valence-corrected chi connectivity index (χ0v) is 8.84. The number of amides is 1. The molecule has 0 saturated heterocycles. The van der Waals surface area contributed by atoms with Crippen molar-refractivity contribution in [2.75, 3.05) is 0 Å². The summed E-state index contributed by atoms with van der Waals surface area (Å²) in [5, 5.41) is 0.0468. The standard InChI is InChI=1S/C11H7F3N2O2/c12-6-1-2-8-5(3-6)4-7(9(17)16-8)11(13,14)10(15)18/h1-4H,(H2,15,18)(H,16,17). The van der Waals surface area contributed by atoms with Crippen LogP contribution in [0, 0.1) is 5.82 Å². The van der Waals surface area contributed by atoms with E-state index in [9.17, 15) is 22.8 Å². The predicted octanol–water partition coefficient (Wildman–Crippen LogP) is 1.24. The van der Waals surface area contributed by atoms with Crippen LogP contribution >= 0.6 is 0 Å². The van der Waals surface area contributed by atoms with Crippen LogP contribution in [0.5, 0.6) is 0 Å². The fourth-order valence-electron chi connectivity index (χ4n) is 1.54. The normalized spacial score (nSPS) is 11.7. The summed E-state index contributed by atoms with van der Waals surface area (Å²) in [6.07, 6.45) is 0. The van der Waals surface area contributed by atoms with Crippen molar-refractivity contribution in [1.29, 1.82) is 0 Å². The van der Waals surface area contributed by atoms with Crippen molar-refractivity contribution in [2.24, 2.45) is 5.73 Å². The largest absolute Gasteiger partial charge is 0.364 e. The Morgan fingerprint density at radius 2 is 1.94 bits per heavy atom. The molecule has 0 bridgehead atoms. The molecule has 2 aromatic rings. The maximum atomic E-state index is 13.4. The number of pyridine rings is 1. The second-order valence-corrected chi connectivity index (χ2v) is 3.68. The van der Waals surface area contributed by atoms with Crippen LogP contribution in [0.3, 0.4) is 0 Å². The average Bonchev–Trinajstić information content (AvgIpc) is 2.28. The highest BCUT2D eigenvalue weighted by molar-refractivity contribution is 5.85. The fraction of sp³-hybridized carbons (Fsp3) is 0.0909. The predicted molar refractivity (Wildman–Crippen MR) is 57.6 cm³/mol. The van der Waals surface area contributed by atoms with E-state index in [1.807, 2.05) is 0 Å². The van der Waals surface area contributed by atoms with Crippen LogP contribution in [-0.4, -0.2) is 10.9 Å². The number of aromatic amines is 1. The minimum atomic E-state index is -4.10. The number of carbonyl (C=O) groups is 1. The van der Waals surface area contributed by atoms with Gasteiger partial charge in [0, 0.05) is 10.9 Å². The van der Waals surface area contributed by atoms with Gasteiger partial charge in [0.25, 0.3) is 11.5 Å². The first-order valence-electron chi connectivity index (χ1n) is 4.83. The Morgan fingerprint density at radius 3 is 2.56 bits per heavy atom. The lowest BCUT2D eigenvalue weighted by Crippen LogP contribution is -2.37. The molecule has 94 valence electrons. The van der Waals surface area contributed by atoms with E-state index in [0.29, 0.717) is 0 Å². The van der Waals surface area contributed by atoms with Gasteiger partial charge < -0.3 is 10.7 Å². The molecule has 1 aromatic carbocycles. The molecule has 4 nitrogen and oxygen atoms in total. The number of hydrogen-bond donors (Lipinski definition) is 2. The average molecular weight is 256 g/mol. The number of nitrogens with one attached hydrogen (secondary N) is 1. The van der Waals surface area contributed by atoms with Gasteiger partial charge in [-0.25, -0.2) is 4.39 Å². The summed E-state index contributed by atoms with van der Waals surface area (Å²) < 4.78 is 39.7. The molecule has 0 unspecified atom stereocenters. The molecule has 18 heavy (non-hydrogen) atoms. The number of alkyl halides is 2. The number of primary amides is 1. The Morgan fingerprint density at radius 1 is 1.28 bits per heavy atom. The molecule has 0 aliphatic rings. The first kappa shape index (κ1) is 12.2. The zero-order valence-electron chi connectivity index (χ0n) is 8.84. The fourth-order valence-corrected chi connectivity index (χ4v) is 1.54. The van der Waals surface area contributed by atoms with Gasteiger partial charge in [0.1, 0.15) is 5.82 Å². The first-order chi connectivity index (χ1) is 8.32. The van der Waals surface area contributed by atoms with Crippen LogP contribution in [-0.2, 0) is 10.7 Å². The molecule has 0 aliphatic carbocycles. The number of rotatable bonds is 2. The summed E-state index contributed by atoms with van der Waals surface area (Å²) in [6, 6.07) is 4.02. The van der Waals surface area contributed by atoms with Gasteiger partial charge in [-0.15, -0.1) is 0 Å². The Hall–Kier alpha value is -2.31. The van der Waals surface area contributed by atoms with Crippen molar-refractivity contribution in [3.8, 4) is 0 Å². The zero-order chi connectivity index (χ0) is 13.5. The second kappa shape index (κ2) is 3.86. The minimum Gasteiger partial charge on any atom is -0.364 e. The number of H-pyrrole nitrogens is 1. The molecule has 0 aliphatic heterocycles. The maximum Gasteiger partial charge on any atom is 0.354 e. The Balaban J connectivity index is 2.77. The van der Waals surface area contributed by atoms with Gasteiger partial charge in [0.2, 0.25) is 0 Å². The lowest BCUT2D eigenvalue weighted by Gasteiger charge is -2.12. The third-order valence-electron chi connectivity index (χ3n) is 2.45. The van der Waals surface area contributed by atoms with Crippen LogP contribution in [0.4, 0.5) is 13.2 Å². The van der Waals surface area contributed by atoms with Gasteiger partial charge >= 0.3 is 5.92 Å². The van der Waals surface area contributed by atoms with Crippen molar-refractivity contribution in [2.45, 2.75) is 5.92 Å². The van der Waals surface area contributed by atoms with Gasteiger partial charge in [-0.3, -0.25) is 9.59 Å². The van der Waals surface area contributed by atoms with E-state index in [0.717, 1.165) is 18.2 Å². The first-order valence-corrected chi connectivity index (χ1v) is 4.83. The van der Waals surface area contributed by atoms with E-state index in [1.54, 1.807) is 0 Å². The minimum absolute atomic E-state index is 0.0468. The highest BCUT2D eigenvalue weighted by atomic mass is 19.3. The number of nitrogens with two attached hydrogens (primary N) is 1. The summed E-state index contributed by atoms with van der Waals surface area (Å²) in [7, 11) is 0. The van der Waals surface area contributed by atoms with Crippen molar-refractivity contribution in [3.05, 3.63) is 46.0 Å². The number of fused-ring (bicyclic) bond motifs is 1. The summed E-state index contributed by atoms with van der Waals surface area (Å²) >= 11 is 0. The van der Waals surface area contributed by atoms with E-state index in [-0.39, 0.29) is 10.9 Å². The summed E-state index contributed by atoms with van der Waals surface area (Å²) in [5.74, 6) is -6.69. The van der Waals surface area contributed by atoms with Crippen molar-refractivity contribution in [1.82, 2.24) is 4.98 Å². The molecule has 1 heterocycles. The van der Waals surface area contributed by atoms with Crippen LogP contribution in [0.2, 0.25) is 0 Å². The topological polar surface area (TPSA) is 76.0 Å². The Kier molecular flexibility index (Phi) is 2.61. The molecule has 1 aromatic heterocycles. The molecule has 0 fully saturated rings. The SMILES string of the molecule is NC(=O)C(F)(F)c1cc2cc(F)ccc2[nH]c1=O. The molecule has 0 saturated carbocycles. The van der Waals surface area contributed by atoms with Crippen LogP contribution in [0.25, 0.3) is 10.9 Å². The highest BCUT2D eigenvalue weighted by Crippen LogP contribution is 2.26. The van der Waals surface area contributed by atoms with E-state index in [4.69, 9.17) is 0 Å². The molecule has 0 spiro atoms. The molecule has 2 rings (SSSR count). The molecular weight excluding hydrogens is 249 g/mol. The Bertz CT molecular complexity index is 694. The molecule has 7 heteroatoms. The highest BCUT2D eigenvalue weighted by Gasteiger charge is 2.41. The van der Waals surface area contributed by atoms with Gasteiger partial charge in [0.15, 0.2) is 0 Å². The number of hydrogen-bond acceptors (Lipinski definition) is 2. The van der Waals surface area contributed by atoms with Gasteiger partial charge in [0.05, 0.1) is 5.56 Å². The lowest BCUT2D eigenvalue weighted by atomic mass is 10.1. The summed E-state index contributed by atoms with van der Waals surface area (Å²) in [6.45, 7) is 0. The monoisotopic (exact) mass is 256 g/mol. The molecule has 1 amide bonds. The Labute approximate surface area is 98.2 Å². The van der Waals surface area contributed by atoms with Gasteiger partial charge in [-0.2, -0.15) is 8.78 Å². The van der Waals surface area contributed by atoms with Crippen LogP contribution < -0.4 is 11.3 Å². The third kappa shape index (κ3) is 1.83. The quantitative estimate of drug-likeness (QED) is 0.848. The number of halogens is 3. The molecule has 0 radical (unpaired) electrons. The van der Waals surface area contributed by atoms with Crippen LogP contribution in [0.15, 0.2) is 29.1 Å². The lowest BCUT2D eigenvalue weighted by molar-refractivity contribution is -0.143. The molecule has 3 N–H and O–H groups in total. The van der Waals surface area contributed by atoms with E-state index >= 15 is 0 Å². The smallest absolute Gasteiger partial charge is 0.354 e. The second-order valence-electron chi connectivity index (χ2n) is 3.68. The molecule has 0 atom stereocenters. The summed E-state index contributed by atoms with van der Waals surface area (Å²) in [4.78, 5) is 24.2. The van der Waals surface area contributed by atoms with E-state index in [2.05, 4.69) is 10.7 Å².